The largest absolute Gasteiger partial charge is 0.477 e. The molecule has 0 heterocycles. The molecule has 0 bridgehead atoms. The Morgan fingerprint density at radius 1 is 1.27 bits per heavy atom. The van der Waals surface area contributed by atoms with Crippen molar-refractivity contribution in [3.63, 3.8) is 0 Å². The number of aliphatic carboxylic acids is 1. The Balaban J connectivity index is 5.04. The molecular weight excluding hydrogens is 236 g/mol. The van der Waals surface area contributed by atoms with E-state index in [-0.39, 0.29) is 0 Å². The molecule has 0 unspecified atom stereocenters. The molecule has 0 aliphatic rings. The molecule has 8 nitrogen and oxygen atoms in total. The highest BCUT2D eigenvalue weighted by molar-refractivity contribution is 6.25. The molecule has 3 atom stereocenters. The maximum Gasteiger partial charge on any atom is 0.368 e. The van der Waals surface area contributed by atoms with Crippen LogP contribution in [0.2, 0.25) is 0 Å². The monoisotopic (exact) mass is 246 g/mol. The molecular formula is C6H11ClO8. The van der Waals surface area contributed by atoms with Gasteiger partial charge in [-0.15, -0.1) is 0 Å². The molecule has 0 aliphatic heterocycles. The van der Waals surface area contributed by atoms with Crippen LogP contribution in [0.1, 0.15) is 0 Å². The van der Waals surface area contributed by atoms with Crippen LogP contribution in [0.25, 0.3) is 0 Å². The predicted octanol–water partition coefficient (Wildman–Crippen LogP) is -3.61. The normalized spacial score (nSPS) is 20.5. The number of carboxylic acids is 1. The van der Waals surface area contributed by atoms with Crippen molar-refractivity contribution in [2.24, 2.45) is 0 Å². The van der Waals surface area contributed by atoms with Gasteiger partial charge < -0.3 is 35.7 Å². The molecule has 15 heavy (non-hydrogen) atoms. The lowest BCUT2D eigenvalue weighted by Gasteiger charge is -2.35. The van der Waals surface area contributed by atoms with Gasteiger partial charge in [0.05, 0.1) is 6.61 Å². The number of hydrogen-bond acceptors (Lipinski definition) is 7. The van der Waals surface area contributed by atoms with Gasteiger partial charge >= 0.3 is 11.8 Å². The molecule has 0 amide bonds. The molecule has 0 fully saturated rings. The van der Waals surface area contributed by atoms with Crippen molar-refractivity contribution in [1.82, 2.24) is 0 Å². The van der Waals surface area contributed by atoms with Crippen LogP contribution >= 0.6 is 11.6 Å². The Morgan fingerprint density at radius 3 is 1.93 bits per heavy atom. The summed E-state index contributed by atoms with van der Waals surface area (Å²) in [4.78, 5) is 10.3. The first-order chi connectivity index (χ1) is 6.59. The smallest absolute Gasteiger partial charge is 0.368 e. The number of rotatable bonds is 5. The predicted molar refractivity (Wildman–Crippen MR) is 44.7 cm³/mol. The Labute approximate surface area is 88.6 Å². The van der Waals surface area contributed by atoms with Gasteiger partial charge in [-0.25, -0.2) is 4.79 Å². The Kier molecular flexibility index (Phi) is 4.43. The molecule has 7 N–H and O–H groups in total. The third-order valence-corrected chi connectivity index (χ3v) is 2.22. The number of alkyl halides is 1. The Bertz CT molecular complexity index is 239. The van der Waals surface area contributed by atoms with Gasteiger partial charge in [0.2, 0.25) is 5.06 Å². The summed E-state index contributed by atoms with van der Waals surface area (Å²) in [5.74, 6) is -6.21. The molecule has 0 radical (unpaired) electrons. The van der Waals surface area contributed by atoms with Crippen molar-refractivity contribution >= 4 is 17.6 Å². The summed E-state index contributed by atoms with van der Waals surface area (Å²) in [5.41, 5.74) is 0. The maximum atomic E-state index is 10.3. The van der Waals surface area contributed by atoms with Gasteiger partial charge in [0.15, 0.2) is 0 Å². The second-order valence-electron chi connectivity index (χ2n) is 2.85. The minimum atomic E-state index is -3.88. The molecule has 9 heteroatoms. The molecule has 0 spiro atoms. The molecule has 0 aromatic carbocycles. The van der Waals surface area contributed by atoms with E-state index in [4.69, 9.17) is 47.3 Å². The Morgan fingerprint density at radius 2 is 1.67 bits per heavy atom. The number of hydrogen-bond donors (Lipinski definition) is 7. The first kappa shape index (κ1) is 14.5. The van der Waals surface area contributed by atoms with Gasteiger partial charge in [-0.1, -0.05) is 11.6 Å². The van der Waals surface area contributed by atoms with E-state index in [1.807, 2.05) is 0 Å². The molecule has 90 valence electrons. The third kappa shape index (κ3) is 2.55. The van der Waals surface area contributed by atoms with Crippen LogP contribution in [0.3, 0.4) is 0 Å². The van der Waals surface area contributed by atoms with E-state index < -0.39 is 35.6 Å². The number of aliphatic hydroxyl groups is 6. The van der Waals surface area contributed by atoms with E-state index in [0.717, 1.165) is 0 Å². The SMILES string of the molecule is O=C(O)C(O)(O)[C@](O)(Cl)[C@H](O)[C@H](O)CO. The van der Waals surface area contributed by atoms with Crippen molar-refractivity contribution in [3.8, 4) is 0 Å². The van der Waals surface area contributed by atoms with Crippen molar-refractivity contribution in [3.05, 3.63) is 0 Å². The van der Waals surface area contributed by atoms with Crippen molar-refractivity contribution in [1.29, 1.82) is 0 Å². The number of halogens is 1. The zero-order chi connectivity index (χ0) is 12.4. The van der Waals surface area contributed by atoms with Crippen molar-refractivity contribution in [2.45, 2.75) is 23.1 Å². The molecule has 0 aromatic heterocycles. The van der Waals surface area contributed by atoms with Crippen LogP contribution in [-0.2, 0) is 4.79 Å². The van der Waals surface area contributed by atoms with E-state index in [1.165, 1.54) is 0 Å². The van der Waals surface area contributed by atoms with Crippen LogP contribution in [-0.4, -0.2) is 71.4 Å². The standard InChI is InChI=1S/C6H11ClO8/c7-5(13,3(10)2(9)1-8)6(14,15)4(11)12/h2-3,8-10,13-15H,1H2,(H,11,12)/t2-,3-,5+/m1/s1. The fourth-order valence-corrected chi connectivity index (χ4v) is 0.937. The van der Waals surface area contributed by atoms with Crippen LogP contribution in [0.5, 0.6) is 0 Å². The minimum absolute atomic E-state index is 1.06. The number of carboxylic acid groups (broad SMARTS) is 1. The first-order valence-corrected chi connectivity index (χ1v) is 4.03. The van der Waals surface area contributed by atoms with E-state index in [1.54, 1.807) is 0 Å². The lowest BCUT2D eigenvalue weighted by molar-refractivity contribution is -0.274. The second-order valence-corrected chi connectivity index (χ2v) is 3.42. The van der Waals surface area contributed by atoms with E-state index in [0.29, 0.717) is 0 Å². The van der Waals surface area contributed by atoms with Gasteiger partial charge in [0.25, 0.3) is 0 Å². The zero-order valence-electron chi connectivity index (χ0n) is 7.28. The van der Waals surface area contributed by atoms with E-state index in [2.05, 4.69) is 0 Å². The summed E-state index contributed by atoms with van der Waals surface area (Å²) in [6, 6.07) is 0. The van der Waals surface area contributed by atoms with Gasteiger partial charge in [0.1, 0.15) is 12.2 Å². The Hall–Kier alpha value is -0.480. The second kappa shape index (κ2) is 4.58. The van der Waals surface area contributed by atoms with Crippen LogP contribution < -0.4 is 0 Å². The van der Waals surface area contributed by atoms with E-state index in [9.17, 15) is 4.79 Å². The quantitative estimate of drug-likeness (QED) is 0.193. The molecule has 0 rings (SSSR count). The average molecular weight is 247 g/mol. The highest BCUT2D eigenvalue weighted by Gasteiger charge is 2.59. The van der Waals surface area contributed by atoms with Crippen LogP contribution in [0, 0.1) is 0 Å². The van der Waals surface area contributed by atoms with Gasteiger partial charge in [-0.3, -0.25) is 0 Å². The summed E-state index contributed by atoms with van der Waals surface area (Å²) < 4.78 is 0. The van der Waals surface area contributed by atoms with Crippen molar-refractivity contribution < 1.29 is 40.5 Å². The lowest BCUT2D eigenvalue weighted by Crippen LogP contribution is -2.64. The van der Waals surface area contributed by atoms with Gasteiger partial charge in [-0.05, 0) is 0 Å². The molecule has 0 saturated heterocycles. The number of aliphatic hydroxyl groups excluding tert-OH is 3. The highest BCUT2D eigenvalue weighted by Crippen LogP contribution is 2.30. The highest BCUT2D eigenvalue weighted by atomic mass is 35.5. The molecule has 0 aromatic rings. The third-order valence-electron chi connectivity index (χ3n) is 1.73. The minimum Gasteiger partial charge on any atom is -0.477 e. The van der Waals surface area contributed by atoms with Crippen molar-refractivity contribution in [2.75, 3.05) is 6.61 Å². The van der Waals surface area contributed by atoms with E-state index >= 15 is 0 Å². The summed E-state index contributed by atoms with van der Waals surface area (Å²) >= 11 is 5.00. The fraction of sp³-hybridized carbons (Fsp3) is 0.833. The molecule has 0 saturated carbocycles. The maximum absolute atomic E-state index is 10.3. The van der Waals surface area contributed by atoms with Gasteiger partial charge in [0, 0.05) is 0 Å². The topological polar surface area (TPSA) is 159 Å². The lowest BCUT2D eigenvalue weighted by atomic mass is 9.99. The van der Waals surface area contributed by atoms with Crippen LogP contribution in [0.15, 0.2) is 0 Å². The summed E-state index contributed by atoms with van der Waals surface area (Å²) in [6.07, 6.45) is -4.51. The first-order valence-electron chi connectivity index (χ1n) is 3.65. The summed E-state index contributed by atoms with van der Waals surface area (Å²) in [5, 5.41) is 58.0. The molecule has 0 aliphatic carbocycles. The number of carbonyl (C=O) groups is 1. The summed E-state index contributed by atoms with van der Waals surface area (Å²) in [6.45, 7) is -1.06. The fourth-order valence-electron chi connectivity index (χ4n) is 0.711. The van der Waals surface area contributed by atoms with Gasteiger partial charge in [-0.2, -0.15) is 0 Å². The average Bonchev–Trinajstić information content (AvgIpc) is 2.14. The van der Waals surface area contributed by atoms with Crippen LogP contribution in [0.4, 0.5) is 0 Å². The summed E-state index contributed by atoms with van der Waals surface area (Å²) in [7, 11) is 0. The zero-order valence-corrected chi connectivity index (χ0v) is 8.03.